The van der Waals surface area contributed by atoms with E-state index in [9.17, 15) is 18.0 Å². The number of carbonyl (C=O) groups excluding carboxylic acids is 2. The van der Waals surface area contributed by atoms with Crippen LogP contribution in [-0.2, 0) is 10.0 Å². The molecule has 0 unspecified atom stereocenters. The SMILES string of the molecule is O=C(Nc1ccccc1C(=O)N1CCCCC1)c1ccc(NS(=O)(=O)c2ccccc2)cc1. The first-order valence-electron chi connectivity index (χ1n) is 10.8. The highest BCUT2D eigenvalue weighted by Crippen LogP contribution is 2.22. The van der Waals surface area contributed by atoms with Gasteiger partial charge in [0.05, 0.1) is 16.1 Å². The maximum atomic E-state index is 12.9. The van der Waals surface area contributed by atoms with Gasteiger partial charge in [0.15, 0.2) is 0 Å². The Morgan fingerprint density at radius 2 is 1.39 bits per heavy atom. The highest BCUT2D eigenvalue weighted by Gasteiger charge is 2.21. The molecule has 3 aromatic carbocycles. The number of hydrogen-bond acceptors (Lipinski definition) is 4. The summed E-state index contributed by atoms with van der Waals surface area (Å²) in [6.07, 6.45) is 3.10. The van der Waals surface area contributed by atoms with Gasteiger partial charge in [-0.15, -0.1) is 0 Å². The van der Waals surface area contributed by atoms with E-state index in [0.717, 1.165) is 32.4 Å². The largest absolute Gasteiger partial charge is 0.339 e. The van der Waals surface area contributed by atoms with Crippen molar-refractivity contribution >= 4 is 33.2 Å². The predicted octanol–water partition coefficient (Wildman–Crippen LogP) is 4.37. The lowest BCUT2D eigenvalue weighted by atomic mass is 10.1. The minimum atomic E-state index is -3.71. The van der Waals surface area contributed by atoms with Crippen molar-refractivity contribution in [3.8, 4) is 0 Å². The van der Waals surface area contributed by atoms with Gasteiger partial charge in [0.25, 0.3) is 21.8 Å². The molecule has 2 N–H and O–H groups in total. The fourth-order valence-corrected chi connectivity index (χ4v) is 4.82. The third kappa shape index (κ3) is 5.40. The molecule has 0 spiro atoms. The number of anilines is 2. The average molecular weight is 464 g/mol. The Morgan fingerprint density at radius 3 is 2.09 bits per heavy atom. The van der Waals surface area contributed by atoms with E-state index in [1.165, 1.54) is 36.4 Å². The summed E-state index contributed by atoms with van der Waals surface area (Å²) >= 11 is 0. The second-order valence-corrected chi connectivity index (χ2v) is 9.53. The number of sulfonamides is 1. The van der Waals surface area contributed by atoms with Gasteiger partial charge in [0, 0.05) is 24.3 Å². The first-order chi connectivity index (χ1) is 15.9. The molecular weight excluding hydrogens is 438 g/mol. The first kappa shape index (κ1) is 22.5. The molecule has 0 atom stereocenters. The molecule has 0 aliphatic carbocycles. The van der Waals surface area contributed by atoms with Crippen LogP contribution in [0.4, 0.5) is 11.4 Å². The summed E-state index contributed by atoms with van der Waals surface area (Å²) in [6.45, 7) is 1.45. The average Bonchev–Trinajstić information content (AvgIpc) is 2.85. The maximum Gasteiger partial charge on any atom is 0.261 e. The molecule has 1 heterocycles. The summed E-state index contributed by atoms with van der Waals surface area (Å²) in [5, 5.41) is 2.82. The quantitative estimate of drug-likeness (QED) is 0.568. The van der Waals surface area contributed by atoms with E-state index in [4.69, 9.17) is 0 Å². The Morgan fingerprint density at radius 1 is 0.758 bits per heavy atom. The summed E-state index contributed by atoms with van der Waals surface area (Å²) in [5.41, 5.74) is 1.60. The van der Waals surface area contributed by atoms with Gasteiger partial charge in [0.2, 0.25) is 0 Å². The molecule has 0 aromatic heterocycles. The summed E-state index contributed by atoms with van der Waals surface area (Å²) in [7, 11) is -3.71. The molecule has 7 nitrogen and oxygen atoms in total. The third-order valence-electron chi connectivity index (χ3n) is 5.50. The van der Waals surface area contributed by atoms with E-state index < -0.39 is 10.0 Å². The lowest BCUT2D eigenvalue weighted by molar-refractivity contribution is 0.0725. The topological polar surface area (TPSA) is 95.6 Å². The van der Waals surface area contributed by atoms with Crippen LogP contribution in [-0.4, -0.2) is 38.2 Å². The maximum absolute atomic E-state index is 12.9. The van der Waals surface area contributed by atoms with Crippen molar-refractivity contribution < 1.29 is 18.0 Å². The number of hydrogen-bond donors (Lipinski definition) is 2. The van der Waals surface area contributed by atoms with Crippen molar-refractivity contribution in [3.63, 3.8) is 0 Å². The molecule has 2 amide bonds. The Kier molecular flexibility index (Phi) is 6.74. The van der Waals surface area contributed by atoms with Crippen molar-refractivity contribution in [1.82, 2.24) is 4.90 Å². The van der Waals surface area contributed by atoms with Gasteiger partial charge in [-0.1, -0.05) is 30.3 Å². The zero-order chi connectivity index (χ0) is 23.3. The lowest BCUT2D eigenvalue weighted by Gasteiger charge is -2.27. The molecule has 3 aromatic rings. The number of amides is 2. The van der Waals surface area contributed by atoms with Crippen LogP contribution in [0, 0.1) is 0 Å². The van der Waals surface area contributed by atoms with E-state index in [1.54, 1.807) is 42.5 Å². The second-order valence-electron chi connectivity index (χ2n) is 7.85. The predicted molar refractivity (Wildman–Crippen MR) is 128 cm³/mol. The Bertz CT molecular complexity index is 1240. The van der Waals surface area contributed by atoms with Crippen LogP contribution >= 0.6 is 0 Å². The van der Waals surface area contributed by atoms with E-state index >= 15 is 0 Å². The number of benzene rings is 3. The van der Waals surface area contributed by atoms with Gasteiger partial charge in [-0.05, 0) is 67.8 Å². The van der Waals surface area contributed by atoms with Crippen LogP contribution in [0.2, 0.25) is 0 Å². The Balaban J connectivity index is 1.46. The van der Waals surface area contributed by atoms with Crippen LogP contribution in [0.25, 0.3) is 0 Å². The standard InChI is InChI=1S/C25H25N3O4S/c29-24(26-23-12-6-5-11-22(23)25(30)28-17-7-2-8-18-28)19-13-15-20(16-14-19)27-33(31,32)21-9-3-1-4-10-21/h1,3-6,9-16,27H,2,7-8,17-18H2,(H,26,29). The number of piperidine rings is 1. The molecule has 4 rings (SSSR count). The van der Waals surface area contributed by atoms with Gasteiger partial charge in [-0.2, -0.15) is 0 Å². The summed E-state index contributed by atoms with van der Waals surface area (Å²) in [5.74, 6) is -0.470. The van der Waals surface area contributed by atoms with Gasteiger partial charge < -0.3 is 10.2 Å². The lowest BCUT2D eigenvalue weighted by Crippen LogP contribution is -2.36. The minimum absolute atomic E-state index is 0.0868. The molecule has 1 saturated heterocycles. The Labute approximate surface area is 193 Å². The van der Waals surface area contributed by atoms with Crippen molar-refractivity contribution in [1.29, 1.82) is 0 Å². The molecule has 1 aliphatic heterocycles. The van der Waals surface area contributed by atoms with Gasteiger partial charge in [-0.3, -0.25) is 14.3 Å². The highest BCUT2D eigenvalue weighted by atomic mass is 32.2. The first-order valence-corrected chi connectivity index (χ1v) is 12.3. The summed E-state index contributed by atoms with van der Waals surface area (Å²) in [6, 6.07) is 21.1. The molecular formula is C25H25N3O4S. The van der Waals surface area contributed by atoms with E-state index in [-0.39, 0.29) is 16.7 Å². The van der Waals surface area contributed by atoms with Crippen molar-refractivity contribution in [2.75, 3.05) is 23.1 Å². The third-order valence-corrected chi connectivity index (χ3v) is 6.90. The number of likely N-dealkylation sites (tertiary alicyclic amines) is 1. The second kappa shape index (κ2) is 9.87. The zero-order valence-electron chi connectivity index (χ0n) is 18.0. The highest BCUT2D eigenvalue weighted by molar-refractivity contribution is 7.92. The fourth-order valence-electron chi connectivity index (χ4n) is 3.74. The van der Waals surface area contributed by atoms with E-state index in [1.807, 2.05) is 4.90 Å². The normalized spacial score (nSPS) is 13.9. The van der Waals surface area contributed by atoms with Crippen molar-refractivity contribution in [2.24, 2.45) is 0 Å². The summed E-state index contributed by atoms with van der Waals surface area (Å²) < 4.78 is 27.4. The number of nitrogens with one attached hydrogen (secondary N) is 2. The monoisotopic (exact) mass is 463 g/mol. The molecule has 170 valence electrons. The van der Waals surface area contributed by atoms with Gasteiger partial charge in [0.1, 0.15) is 0 Å². The van der Waals surface area contributed by atoms with Gasteiger partial charge >= 0.3 is 0 Å². The fraction of sp³-hybridized carbons (Fsp3) is 0.200. The molecule has 1 fully saturated rings. The molecule has 0 saturated carbocycles. The molecule has 8 heteroatoms. The van der Waals surface area contributed by atoms with E-state index in [0.29, 0.717) is 22.5 Å². The molecule has 0 bridgehead atoms. The molecule has 33 heavy (non-hydrogen) atoms. The number of rotatable bonds is 6. The van der Waals surface area contributed by atoms with Crippen molar-refractivity contribution in [3.05, 3.63) is 90.0 Å². The Hall–Kier alpha value is -3.65. The number of carbonyl (C=O) groups is 2. The smallest absolute Gasteiger partial charge is 0.261 e. The van der Waals surface area contributed by atoms with Crippen LogP contribution in [0.3, 0.4) is 0 Å². The van der Waals surface area contributed by atoms with Crippen LogP contribution < -0.4 is 10.0 Å². The van der Waals surface area contributed by atoms with Crippen LogP contribution in [0.5, 0.6) is 0 Å². The number of nitrogens with zero attached hydrogens (tertiary/aromatic N) is 1. The zero-order valence-corrected chi connectivity index (χ0v) is 18.8. The van der Waals surface area contributed by atoms with Crippen molar-refractivity contribution in [2.45, 2.75) is 24.2 Å². The summed E-state index contributed by atoms with van der Waals surface area (Å²) in [4.78, 5) is 27.7. The minimum Gasteiger partial charge on any atom is -0.339 e. The molecule has 1 aliphatic rings. The van der Waals surface area contributed by atoms with E-state index in [2.05, 4.69) is 10.0 Å². The van der Waals surface area contributed by atoms with Gasteiger partial charge in [-0.25, -0.2) is 8.42 Å². The molecule has 0 radical (unpaired) electrons. The van der Waals surface area contributed by atoms with Crippen LogP contribution in [0.15, 0.2) is 83.8 Å². The number of para-hydroxylation sites is 1. The van der Waals surface area contributed by atoms with Crippen LogP contribution in [0.1, 0.15) is 40.0 Å².